The molecule has 0 saturated carbocycles. The van der Waals surface area contributed by atoms with E-state index in [1.807, 2.05) is 74.5 Å². The van der Waals surface area contributed by atoms with Crippen molar-refractivity contribution in [2.75, 3.05) is 16.0 Å². The maximum Gasteiger partial charge on any atom is 0.228 e. The monoisotopic (exact) mass is 458 g/mol. The van der Waals surface area contributed by atoms with Crippen LogP contribution in [0.4, 0.5) is 28.8 Å². The van der Waals surface area contributed by atoms with E-state index in [1.165, 1.54) is 0 Å². The quantitative estimate of drug-likeness (QED) is 0.323. The average molecular weight is 459 g/mol. The summed E-state index contributed by atoms with van der Waals surface area (Å²) in [5.74, 6) is 2.50. The van der Waals surface area contributed by atoms with Crippen molar-refractivity contribution in [1.29, 1.82) is 0 Å². The van der Waals surface area contributed by atoms with Crippen LogP contribution in [0, 0.1) is 13.8 Å². The molecule has 0 spiro atoms. The number of rotatable bonds is 7. The summed E-state index contributed by atoms with van der Waals surface area (Å²) >= 11 is 6.14. The molecule has 2 aromatic heterocycles. The third-order valence-electron chi connectivity index (χ3n) is 4.76. The molecule has 2 aromatic carbocycles. The number of aromatic nitrogens is 3. The number of amides is 1. The lowest BCUT2D eigenvalue weighted by atomic mass is 10.1. The maximum absolute atomic E-state index is 12.3. The van der Waals surface area contributed by atoms with E-state index in [-0.39, 0.29) is 12.3 Å². The number of aryl methyl sites for hydroxylation is 2. The van der Waals surface area contributed by atoms with Gasteiger partial charge in [-0.3, -0.25) is 4.79 Å². The summed E-state index contributed by atoms with van der Waals surface area (Å²) < 4.78 is 0. The molecule has 0 atom stereocenters. The van der Waals surface area contributed by atoms with Crippen molar-refractivity contribution in [2.45, 2.75) is 20.3 Å². The van der Waals surface area contributed by atoms with Crippen LogP contribution in [0.15, 0.2) is 72.9 Å². The minimum Gasteiger partial charge on any atom is -0.340 e. The number of pyridine rings is 1. The molecule has 0 radical (unpaired) electrons. The lowest BCUT2D eigenvalue weighted by molar-refractivity contribution is -0.115. The van der Waals surface area contributed by atoms with Gasteiger partial charge in [0, 0.05) is 28.7 Å². The van der Waals surface area contributed by atoms with E-state index in [2.05, 4.69) is 30.9 Å². The SMILES string of the molecule is Cc1ccnc(Nc2cc(Nc3ccc(NC(=O)Cc4ccccc4Cl)cc3)nc(C)n2)c1. The first kappa shape index (κ1) is 22.2. The van der Waals surface area contributed by atoms with Gasteiger partial charge >= 0.3 is 0 Å². The van der Waals surface area contributed by atoms with Crippen LogP contribution in [-0.2, 0) is 11.2 Å². The molecule has 0 aliphatic heterocycles. The van der Waals surface area contributed by atoms with Crippen molar-refractivity contribution in [2.24, 2.45) is 0 Å². The number of hydrogen-bond acceptors (Lipinski definition) is 6. The molecule has 2 heterocycles. The van der Waals surface area contributed by atoms with Crippen molar-refractivity contribution in [3.8, 4) is 0 Å². The van der Waals surface area contributed by atoms with E-state index in [1.54, 1.807) is 12.3 Å². The summed E-state index contributed by atoms with van der Waals surface area (Å²) in [4.78, 5) is 25.5. The van der Waals surface area contributed by atoms with Gasteiger partial charge in [-0.2, -0.15) is 0 Å². The summed E-state index contributed by atoms with van der Waals surface area (Å²) in [5.41, 5.74) is 3.43. The zero-order valence-corrected chi connectivity index (χ0v) is 19.0. The van der Waals surface area contributed by atoms with Gasteiger partial charge in [-0.05, 0) is 67.4 Å². The fraction of sp³-hybridized carbons (Fsp3) is 0.120. The molecule has 33 heavy (non-hydrogen) atoms. The second-order valence-electron chi connectivity index (χ2n) is 7.55. The van der Waals surface area contributed by atoms with Crippen LogP contribution in [0.25, 0.3) is 0 Å². The molecule has 0 bridgehead atoms. The number of hydrogen-bond donors (Lipinski definition) is 3. The number of benzene rings is 2. The van der Waals surface area contributed by atoms with E-state index in [9.17, 15) is 4.79 Å². The van der Waals surface area contributed by atoms with Crippen molar-refractivity contribution >= 4 is 46.3 Å². The van der Waals surface area contributed by atoms with Crippen molar-refractivity contribution in [3.63, 3.8) is 0 Å². The number of anilines is 5. The second kappa shape index (κ2) is 10.1. The zero-order chi connectivity index (χ0) is 23.2. The van der Waals surface area contributed by atoms with Gasteiger partial charge in [-0.15, -0.1) is 0 Å². The van der Waals surface area contributed by atoms with E-state index < -0.39 is 0 Å². The van der Waals surface area contributed by atoms with Gasteiger partial charge in [0.25, 0.3) is 0 Å². The second-order valence-corrected chi connectivity index (χ2v) is 7.95. The van der Waals surface area contributed by atoms with Crippen LogP contribution in [-0.4, -0.2) is 20.9 Å². The first-order valence-electron chi connectivity index (χ1n) is 10.4. The summed E-state index contributed by atoms with van der Waals surface area (Å²) in [6.07, 6.45) is 1.96. The Hall–Kier alpha value is -3.97. The Morgan fingerprint density at radius 3 is 2.27 bits per heavy atom. The van der Waals surface area contributed by atoms with Crippen LogP contribution in [0.1, 0.15) is 17.0 Å². The number of carbonyl (C=O) groups excluding carboxylic acids is 1. The smallest absolute Gasteiger partial charge is 0.228 e. The highest BCUT2D eigenvalue weighted by atomic mass is 35.5. The van der Waals surface area contributed by atoms with Gasteiger partial charge in [0.15, 0.2) is 0 Å². The van der Waals surface area contributed by atoms with Gasteiger partial charge in [0.2, 0.25) is 5.91 Å². The number of carbonyl (C=O) groups is 1. The topological polar surface area (TPSA) is 91.8 Å². The van der Waals surface area contributed by atoms with E-state index in [4.69, 9.17) is 11.6 Å². The average Bonchev–Trinajstić information content (AvgIpc) is 2.76. The third-order valence-corrected chi connectivity index (χ3v) is 5.13. The van der Waals surface area contributed by atoms with Gasteiger partial charge < -0.3 is 16.0 Å². The number of nitrogens with zero attached hydrogens (tertiary/aromatic N) is 3. The molecule has 166 valence electrons. The highest BCUT2D eigenvalue weighted by Crippen LogP contribution is 2.22. The molecule has 3 N–H and O–H groups in total. The van der Waals surface area contributed by atoms with Gasteiger partial charge in [-0.25, -0.2) is 15.0 Å². The fourth-order valence-corrected chi connectivity index (χ4v) is 3.44. The van der Waals surface area contributed by atoms with Crippen molar-refractivity contribution < 1.29 is 4.79 Å². The van der Waals surface area contributed by atoms with Crippen molar-refractivity contribution in [3.05, 3.63) is 94.9 Å². The molecule has 0 aliphatic rings. The molecule has 1 amide bonds. The highest BCUT2D eigenvalue weighted by Gasteiger charge is 2.08. The zero-order valence-electron chi connectivity index (χ0n) is 18.3. The van der Waals surface area contributed by atoms with Crippen LogP contribution < -0.4 is 16.0 Å². The van der Waals surface area contributed by atoms with Gasteiger partial charge in [0.05, 0.1) is 6.42 Å². The van der Waals surface area contributed by atoms with Crippen LogP contribution >= 0.6 is 11.6 Å². The summed E-state index contributed by atoms with van der Waals surface area (Å²) in [7, 11) is 0. The molecule has 7 nitrogen and oxygen atoms in total. The summed E-state index contributed by atoms with van der Waals surface area (Å²) in [6.45, 7) is 3.84. The van der Waals surface area contributed by atoms with E-state index >= 15 is 0 Å². The van der Waals surface area contributed by atoms with Crippen molar-refractivity contribution in [1.82, 2.24) is 15.0 Å². The molecule has 4 aromatic rings. The molecule has 0 aliphatic carbocycles. The molecule has 4 rings (SSSR count). The Balaban J connectivity index is 1.40. The molecule has 8 heteroatoms. The Morgan fingerprint density at radius 2 is 1.55 bits per heavy atom. The fourth-order valence-electron chi connectivity index (χ4n) is 3.24. The minimum absolute atomic E-state index is 0.129. The predicted molar refractivity (Wildman–Crippen MR) is 133 cm³/mol. The van der Waals surface area contributed by atoms with E-state index in [0.717, 1.165) is 22.6 Å². The largest absolute Gasteiger partial charge is 0.340 e. The number of halogens is 1. The van der Waals surface area contributed by atoms with Gasteiger partial charge in [-0.1, -0.05) is 29.8 Å². The lowest BCUT2D eigenvalue weighted by Gasteiger charge is -2.11. The molecule has 0 saturated heterocycles. The summed E-state index contributed by atoms with van der Waals surface area (Å²) in [6, 6.07) is 20.4. The Morgan fingerprint density at radius 1 is 0.848 bits per heavy atom. The molecule has 0 unspecified atom stereocenters. The molecular weight excluding hydrogens is 436 g/mol. The highest BCUT2D eigenvalue weighted by molar-refractivity contribution is 6.31. The predicted octanol–water partition coefficient (Wildman–Crippen LogP) is 5.81. The molecular formula is C25H23ClN6O. The molecule has 0 fully saturated rings. The van der Waals surface area contributed by atoms with Crippen LogP contribution in [0.3, 0.4) is 0 Å². The summed E-state index contributed by atoms with van der Waals surface area (Å²) in [5, 5.41) is 9.95. The number of nitrogens with one attached hydrogen (secondary N) is 3. The third kappa shape index (κ3) is 6.27. The normalized spacial score (nSPS) is 10.5. The minimum atomic E-state index is -0.129. The maximum atomic E-state index is 12.3. The standard InChI is InChI=1S/C25H23ClN6O/c1-16-11-12-27-22(13-16)32-24-15-23(28-17(2)29-24)30-19-7-9-20(10-8-19)31-25(33)14-18-5-3-4-6-21(18)26/h3-13,15H,14H2,1-2H3,(H,31,33)(H2,27,28,29,30,32). The Labute approximate surface area is 197 Å². The van der Waals surface area contributed by atoms with Gasteiger partial charge in [0.1, 0.15) is 23.3 Å². The van der Waals surface area contributed by atoms with Crippen LogP contribution in [0.2, 0.25) is 5.02 Å². The lowest BCUT2D eigenvalue weighted by Crippen LogP contribution is -2.14. The Kier molecular flexibility index (Phi) is 6.80. The first-order chi connectivity index (χ1) is 15.9. The Bertz CT molecular complexity index is 1280. The van der Waals surface area contributed by atoms with E-state index in [0.29, 0.717) is 28.2 Å². The first-order valence-corrected chi connectivity index (χ1v) is 10.8. The van der Waals surface area contributed by atoms with Crippen LogP contribution in [0.5, 0.6) is 0 Å².